The second-order valence-corrected chi connectivity index (χ2v) is 4.04. The van der Waals surface area contributed by atoms with Crippen LogP contribution in [0.25, 0.3) is 0 Å². The molecule has 0 saturated carbocycles. The summed E-state index contributed by atoms with van der Waals surface area (Å²) >= 11 is 0. The molecule has 0 aliphatic carbocycles. The summed E-state index contributed by atoms with van der Waals surface area (Å²) in [6.45, 7) is 5.23. The first kappa shape index (κ1) is 11.9. The number of nitrogen functional groups attached to an aromatic ring is 1. The maximum absolute atomic E-state index is 10.0. The molecule has 1 heterocycles. The van der Waals surface area contributed by atoms with Crippen molar-refractivity contribution < 1.29 is 10.2 Å². The standard InChI is InChI=1S/C11H18N2O2/c1-4-11(3,15)9(14)8-7(2)5-6-13-10(8)12/h5-6,9,14-15H,4H2,1-3H3,(H2,12,13). The first-order valence-electron chi connectivity index (χ1n) is 5.01. The number of rotatable bonds is 3. The number of hydrogen-bond acceptors (Lipinski definition) is 4. The maximum Gasteiger partial charge on any atom is 0.129 e. The van der Waals surface area contributed by atoms with Crippen molar-refractivity contribution in [1.29, 1.82) is 0 Å². The molecule has 0 fully saturated rings. The highest BCUT2D eigenvalue weighted by atomic mass is 16.3. The second kappa shape index (κ2) is 4.16. The Balaban J connectivity index is 3.16. The van der Waals surface area contributed by atoms with Gasteiger partial charge in [0.05, 0.1) is 5.60 Å². The fourth-order valence-corrected chi connectivity index (χ4v) is 1.45. The Bertz CT molecular complexity index is 330. The van der Waals surface area contributed by atoms with Crippen molar-refractivity contribution in [3.05, 3.63) is 23.4 Å². The average Bonchev–Trinajstić information content (AvgIpc) is 2.17. The van der Waals surface area contributed by atoms with Gasteiger partial charge in [-0.15, -0.1) is 0 Å². The van der Waals surface area contributed by atoms with E-state index in [0.29, 0.717) is 12.0 Å². The topological polar surface area (TPSA) is 79.4 Å². The smallest absolute Gasteiger partial charge is 0.129 e. The van der Waals surface area contributed by atoms with Gasteiger partial charge in [0, 0.05) is 11.8 Å². The Labute approximate surface area is 89.8 Å². The van der Waals surface area contributed by atoms with Gasteiger partial charge in [0.25, 0.3) is 0 Å². The number of aryl methyl sites for hydroxylation is 1. The predicted molar refractivity (Wildman–Crippen MR) is 59.3 cm³/mol. The predicted octanol–water partition coefficient (Wildman–Crippen LogP) is 1.17. The van der Waals surface area contributed by atoms with E-state index in [0.717, 1.165) is 5.56 Å². The van der Waals surface area contributed by atoms with Crippen molar-refractivity contribution >= 4 is 5.82 Å². The van der Waals surface area contributed by atoms with Crippen molar-refractivity contribution in [2.45, 2.75) is 38.9 Å². The largest absolute Gasteiger partial charge is 0.387 e. The molecule has 15 heavy (non-hydrogen) atoms. The van der Waals surface area contributed by atoms with Gasteiger partial charge in [-0.25, -0.2) is 4.98 Å². The number of nitrogens with zero attached hydrogens (tertiary/aromatic N) is 1. The summed E-state index contributed by atoms with van der Waals surface area (Å²) in [7, 11) is 0. The van der Waals surface area contributed by atoms with Crippen LogP contribution in [0.3, 0.4) is 0 Å². The number of anilines is 1. The summed E-state index contributed by atoms with van der Waals surface area (Å²) < 4.78 is 0. The van der Waals surface area contributed by atoms with Gasteiger partial charge in [-0.3, -0.25) is 0 Å². The Morgan fingerprint density at radius 2 is 2.20 bits per heavy atom. The van der Waals surface area contributed by atoms with E-state index in [9.17, 15) is 10.2 Å². The molecule has 0 saturated heterocycles. The van der Waals surface area contributed by atoms with Crippen molar-refractivity contribution in [1.82, 2.24) is 4.98 Å². The van der Waals surface area contributed by atoms with E-state index < -0.39 is 11.7 Å². The molecule has 0 spiro atoms. The van der Waals surface area contributed by atoms with Crippen LogP contribution in [0.5, 0.6) is 0 Å². The molecule has 0 aliphatic rings. The van der Waals surface area contributed by atoms with E-state index in [1.165, 1.54) is 0 Å². The molecule has 1 aromatic rings. The maximum atomic E-state index is 10.0. The lowest BCUT2D eigenvalue weighted by molar-refractivity contribution is -0.0659. The van der Waals surface area contributed by atoms with E-state index in [-0.39, 0.29) is 5.82 Å². The number of hydrogen-bond donors (Lipinski definition) is 3. The molecule has 4 N–H and O–H groups in total. The lowest BCUT2D eigenvalue weighted by Crippen LogP contribution is -2.33. The molecule has 0 aromatic carbocycles. The fraction of sp³-hybridized carbons (Fsp3) is 0.545. The summed E-state index contributed by atoms with van der Waals surface area (Å²) in [5, 5.41) is 20.0. The zero-order chi connectivity index (χ0) is 11.6. The lowest BCUT2D eigenvalue weighted by Gasteiger charge is -2.29. The number of aliphatic hydroxyl groups excluding tert-OH is 1. The number of pyridine rings is 1. The molecule has 0 bridgehead atoms. The summed E-state index contributed by atoms with van der Waals surface area (Å²) in [6.07, 6.45) is 1.03. The van der Waals surface area contributed by atoms with Crippen molar-refractivity contribution in [3.63, 3.8) is 0 Å². The highest BCUT2D eigenvalue weighted by Gasteiger charge is 2.32. The van der Waals surface area contributed by atoms with Crippen LogP contribution in [0.4, 0.5) is 5.82 Å². The highest BCUT2D eigenvalue weighted by molar-refractivity contribution is 5.46. The van der Waals surface area contributed by atoms with Crippen LogP contribution in [0.1, 0.15) is 37.5 Å². The van der Waals surface area contributed by atoms with Crippen LogP contribution in [-0.4, -0.2) is 20.8 Å². The average molecular weight is 210 g/mol. The normalized spacial score (nSPS) is 17.1. The third kappa shape index (κ3) is 2.27. The summed E-state index contributed by atoms with van der Waals surface area (Å²) in [5.41, 5.74) is 5.87. The zero-order valence-corrected chi connectivity index (χ0v) is 9.36. The molecule has 0 radical (unpaired) electrons. The van der Waals surface area contributed by atoms with E-state index in [2.05, 4.69) is 4.98 Å². The molecule has 1 aromatic heterocycles. The van der Waals surface area contributed by atoms with Gasteiger partial charge in [-0.2, -0.15) is 0 Å². The minimum Gasteiger partial charge on any atom is -0.387 e. The highest BCUT2D eigenvalue weighted by Crippen LogP contribution is 2.32. The van der Waals surface area contributed by atoms with Crippen LogP contribution in [0.2, 0.25) is 0 Å². The lowest BCUT2D eigenvalue weighted by atomic mass is 9.89. The van der Waals surface area contributed by atoms with Gasteiger partial charge >= 0.3 is 0 Å². The first-order chi connectivity index (χ1) is 6.90. The van der Waals surface area contributed by atoms with E-state index in [1.54, 1.807) is 19.2 Å². The number of aromatic nitrogens is 1. The number of nitrogens with two attached hydrogens (primary N) is 1. The molecule has 0 amide bonds. The van der Waals surface area contributed by atoms with E-state index >= 15 is 0 Å². The zero-order valence-electron chi connectivity index (χ0n) is 9.36. The Kier molecular flexibility index (Phi) is 3.31. The Morgan fingerprint density at radius 1 is 1.60 bits per heavy atom. The number of aliphatic hydroxyl groups is 2. The van der Waals surface area contributed by atoms with Gasteiger partial charge in [0.15, 0.2) is 0 Å². The monoisotopic (exact) mass is 210 g/mol. The summed E-state index contributed by atoms with van der Waals surface area (Å²) in [5.74, 6) is 0.274. The van der Waals surface area contributed by atoms with Gasteiger partial charge in [0.2, 0.25) is 0 Å². The van der Waals surface area contributed by atoms with Gasteiger partial charge < -0.3 is 15.9 Å². The molecule has 84 valence electrons. The third-order valence-electron chi connectivity index (χ3n) is 2.82. The van der Waals surface area contributed by atoms with Crippen molar-refractivity contribution in [2.75, 3.05) is 5.73 Å². The van der Waals surface area contributed by atoms with E-state index in [4.69, 9.17) is 5.73 Å². The molecule has 2 unspecified atom stereocenters. The van der Waals surface area contributed by atoms with Crippen LogP contribution < -0.4 is 5.73 Å². The summed E-state index contributed by atoms with van der Waals surface area (Å²) in [6, 6.07) is 1.76. The molecule has 0 aliphatic heterocycles. The third-order valence-corrected chi connectivity index (χ3v) is 2.82. The van der Waals surface area contributed by atoms with Crippen LogP contribution >= 0.6 is 0 Å². The Hall–Kier alpha value is -1.13. The fourth-order valence-electron chi connectivity index (χ4n) is 1.45. The van der Waals surface area contributed by atoms with E-state index in [1.807, 2.05) is 13.8 Å². The SMILES string of the molecule is CCC(C)(O)C(O)c1c(C)ccnc1N. The van der Waals surface area contributed by atoms with Crippen LogP contribution in [0.15, 0.2) is 12.3 Å². The van der Waals surface area contributed by atoms with Gasteiger partial charge in [-0.1, -0.05) is 6.92 Å². The molecule has 2 atom stereocenters. The quantitative estimate of drug-likeness (QED) is 0.699. The molecule has 1 rings (SSSR count). The first-order valence-corrected chi connectivity index (χ1v) is 5.01. The molecule has 4 nitrogen and oxygen atoms in total. The molecular formula is C11H18N2O2. The second-order valence-electron chi connectivity index (χ2n) is 4.04. The summed E-state index contributed by atoms with van der Waals surface area (Å²) in [4.78, 5) is 3.92. The molecular weight excluding hydrogens is 192 g/mol. The minimum atomic E-state index is -1.18. The van der Waals surface area contributed by atoms with Crippen molar-refractivity contribution in [2.24, 2.45) is 0 Å². The van der Waals surface area contributed by atoms with Gasteiger partial charge in [-0.05, 0) is 31.9 Å². The van der Waals surface area contributed by atoms with Gasteiger partial charge in [0.1, 0.15) is 11.9 Å². The van der Waals surface area contributed by atoms with Crippen LogP contribution in [0, 0.1) is 6.92 Å². The Morgan fingerprint density at radius 3 is 2.67 bits per heavy atom. The van der Waals surface area contributed by atoms with Crippen molar-refractivity contribution in [3.8, 4) is 0 Å². The minimum absolute atomic E-state index is 0.274. The molecule has 4 heteroatoms. The van der Waals surface area contributed by atoms with Crippen LogP contribution in [-0.2, 0) is 0 Å².